The SMILES string of the molecule is CCCCOc1ccc(C2=NC(=Cc3ccc(Cl)cc3)C(=O)O2)cc1. The smallest absolute Gasteiger partial charge is 0.363 e. The molecular weight excluding hydrogens is 338 g/mol. The fourth-order valence-corrected chi connectivity index (χ4v) is 2.40. The minimum atomic E-state index is -0.465. The number of carbonyl (C=O) groups is 1. The van der Waals surface area contributed by atoms with E-state index in [0.29, 0.717) is 17.5 Å². The van der Waals surface area contributed by atoms with Gasteiger partial charge in [0.1, 0.15) is 5.75 Å². The zero-order valence-corrected chi connectivity index (χ0v) is 14.6. The zero-order chi connectivity index (χ0) is 17.6. The Morgan fingerprint density at radius 1 is 1.12 bits per heavy atom. The first-order valence-electron chi connectivity index (χ1n) is 8.17. The lowest BCUT2D eigenvalue weighted by Gasteiger charge is -2.05. The molecule has 1 aliphatic heterocycles. The number of nitrogens with zero attached hydrogens (tertiary/aromatic N) is 1. The number of carbonyl (C=O) groups excluding carboxylic acids is 1. The highest BCUT2D eigenvalue weighted by molar-refractivity contribution is 6.30. The van der Waals surface area contributed by atoms with Crippen LogP contribution >= 0.6 is 11.6 Å². The Hall–Kier alpha value is -2.59. The number of unbranched alkanes of at least 4 members (excludes halogenated alkanes) is 1. The van der Waals surface area contributed by atoms with E-state index in [1.54, 1.807) is 18.2 Å². The van der Waals surface area contributed by atoms with Crippen molar-refractivity contribution in [2.24, 2.45) is 4.99 Å². The second-order valence-corrected chi connectivity index (χ2v) is 6.05. The van der Waals surface area contributed by atoms with Crippen LogP contribution in [-0.2, 0) is 9.53 Å². The zero-order valence-electron chi connectivity index (χ0n) is 13.9. The Kier molecular flexibility index (Phi) is 5.51. The molecule has 0 amide bonds. The maximum atomic E-state index is 12.0. The first kappa shape index (κ1) is 17.2. The summed E-state index contributed by atoms with van der Waals surface area (Å²) in [6, 6.07) is 14.5. The Morgan fingerprint density at radius 3 is 2.52 bits per heavy atom. The molecule has 0 bridgehead atoms. The summed E-state index contributed by atoms with van der Waals surface area (Å²) in [6.45, 7) is 2.81. The lowest BCUT2D eigenvalue weighted by Crippen LogP contribution is -2.05. The van der Waals surface area contributed by atoms with Crippen LogP contribution in [0.5, 0.6) is 5.75 Å². The number of esters is 1. The molecule has 0 unspecified atom stereocenters. The summed E-state index contributed by atoms with van der Waals surface area (Å²) in [6.07, 6.45) is 3.78. The van der Waals surface area contributed by atoms with Crippen LogP contribution in [0, 0.1) is 0 Å². The van der Waals surface area contributed by atoms with Crippen LogP contribution in [0.3, 0.4) is 0 Å². The molecule has 1 heterocycles. The van der Waals surface area contributed by atoms with Gasteiger partial charge in [-0.2, -0.15) is 0 Å². The van der Waals surface area contributed by atoms with Gasteiger partial charge < -0.3 is 9.47 Å². The van der Waals surface area contributed by atoms with Crippen LogP contribution in [0.25, 0.3) is 6.08 Å². The maximum absolute atomic E-state index is 12.0. The number of cyclic esters (lactones) is 1. The summed E-state index contributed by atoms with van der Waals surface area (Å²) in [5.74, 6) is 0.623. The van der Waals surface area contributed by atoms with E-state index in [4.69, 9.17) is 21.1 Å². The number of aliphatic imine (C=N–C) groups is 1. The highest BCUT2D eigenvalue weighted by atomic mass is 35.5. The molecule has 0 N–H and O–H groups in total. The highest BCUT2D eigenvalue weighted by Gasteiger charge is 2.24. The molecule has 25 heavy (non-hydrogen) atoms. The van der Waals surface area contributed by atoms with Gasteiger partial charge in [0.05, 0.1) is 6.61 Å². The normalized spacial score (nSPS) is 15.2. The summed E-state index contributed by atoms with van der Waals surface area (Å²) < 4.78 is 10.9. The van der Waals surface area contributed by atoms with Crippen LogP contribution in [-0.4, -0.2) is 18.5 Å². The largest absolute Gasteiger partial charge is 0.494 e. The second kappa shape index (κ2) is 7.99. The quantitative estimate of drug-likeness (QED) is 0.422. The monoisotopic (exact) mass is 355 g/mol. The first-order valence-corrected chi connectivity index (χ1v) is 8.55. The fourth-order valence-electron chi connectivity index (χ4n) is 2.28. The summed E-state index contributed by atoms with van der Waals surface area (Å²) in [5, 5.41) is 0.640. The predicted molar refractivity (Wildman–Crippen MR) is 98.9 cm³/mol. The molecule has 4 nitrogen and oxygen atoms in total. The van der Waals surface area contributed by atoms with Gasteiger partial charge in [0.2, 0.25) is 5.90 Å². The number of hydrogen-bond acceptors (Lipinski definition) is 4. The molecule has 0 spiro atoms. The Morgan fingerprint density at radius 2 is 1.84 bits per heavy atom. The molecule has 0 atom stereocenters. The van der Waals surface area contributed by atoms with Crippen molar-refractivity contribution in [3.05, 3.63) is 70.4 Å². The van der Waals surface area contributed by atoms with Gasteiger partial charge in [-0.15, -0.1) is 0 Å². The molecule has 0 aromatic heterocycles. The lowest BCUT2D eigenvalue weighted by atomic mass is 10.2. The van der Waals surface area contributed by atoms with Crippen molar-refractivity contribution in [1.29, 1.82) is 0 Å². The van der Waals surface area contributed by atoms with Crippen molar-refractivity contribution in [1.82, 2.24) is 0 Å². The van der Waals surface area contributed by atoms with Gasteiger partial charge in [0.15, 0.2) is 5.70 Å². The number of rotatable bonds is 6. The number of halogens is 1. The molecule has 3 rings (SSSR count). The minimum absolute atomic E-state index is 0.264. The molecule has 2 aromatic carbocycles. The molecule has 5 heteroatoms. The first-order chi connectivity index (χ1) is 12.2. The average molecular weight is 356 g/mol. The van der Waals surface area contributed by atoms with Crippen LogP contribution in [0.1, 0.15) is 30.9 Å². The van der Waals surface area contributed by atoms with Crippen molar-refractivity contribution in [2.75, 3.05) is 6.61 Å². The molecule has 0 saturated heterocycles. The summed E-state index contributed by atoms with van der Waals surface area (Å²) in [7, 11) is 0. The number of benzene rings is 2. The van der Waals surface area contributed by atoms with Crippen LogP contribution < -0.4 is 4.74 Å². The van der Waals surface area contributed by atoms with Gasteiger partial charge in [-0.3, -0.25) is 0 Å². The predicted octanol–water partition coefficient (Wildman–Crippen LogP) is 4.86. The van der Waals surface area contributed by atoms with Gasteiger partial charge in [-0.1, -0.05) is 37.1 Å². The van der Waals surface area contributed by atoms with Crippen molar-refractivity contribution >= 4 is 29.5 Å². The fraction of sp³-hybridized carbons (Fsp3) is 0.200. The van der Waals surface area contributed by atoms with E-state index in [1.165, 1.54) is 0 Å². The van der Waals surface area contributed by atoms with Crippen molar-refractivity contribution < 1.29 is 14.3 Å². The van der Waals surface area contributed by atoms with Gasteiger partial charge in [-0.25, -0.2) is 9.79 Å². The van der Waals surface area contributed by atoms with E-state index in [9.17, 15) is 4.79 Å². The Labute approximate surface area is 151 Å². The van der Waals surface area contributed by atoms with Crippen LogP contribution in [0.15, 0.2) is 59.2 Å². The number of ether oxygens (including phenoxy) is 2. The van der Waals surface area contributed by atoms with Crippen LogP contribution in [0.2, 0.25) is 5.02 Å². The third kappa shape index (κ3) is 4.48. The second-order valence-electron chi connectivity index (χ2n) is 5.61. The third-order valence-corrected chi connectivity index (χ3v) is 3.91. The van der Waals surface area contributed by atoms with E-state index in [1.807, 2.05) is 36.4 Å². The van der Waals surface area contributed by atoms with Crippen molar-refractivity contribution in [3.8, 4) is 5.75 Å². The van der Waals surface area contributed by atoms with Crippen LogP contribution in [0.4, 0.5) is 0 Å². The summed E-state index contributed by atoms with van der Waals surface area (Å²) in [5.41, 5.74) is 1.83. The highest BCUT2D eigenvalue weighted by Crippen LogP contribution is 2.21. The molecule has 128 valence electrons. The summed E-state index contributed by atoms with van der Waals surface area (Å²) >= 11 is 5.86. The molecule has 2 aromatic rings. The van der Waals surface area contributed by atoms with Gasteiger partial charge >= 0.3 is 5.97 Å². The third-order valence-electron chi connectivity index (χ3n) is 3.66. The summed E-state index contributed by atoms with van der Waals surface area (Å²) in [4.78, 5) is 16.3. The van der Waals surface area contributed by atoms with Crippen molar-refractivity contribution in [3.63, 3.8) is 0 Å². The number of hydrogen-bond donors (Lipinski definition) is 0. The van der Waals surface area contributed by atoms with E-state index in [-0.39, 0.29) is 5.70 Å². The Balaban J connectivity index is 1.74. The molecule has 0 fully saturated rings. The van der Waals surface area contributed by atoms with Gasteiger partial charge in [0, 0.05) is 10.6 Å². The molecule has 1 aliphatic rings. The molecule has 0 aliphatic carbocycles. The van der Waals surface area contributed by atoms with Gasteiger partial charge in [-0.05, 0) is 54.5 Å². The topological polar surface area (TPSA) is 47.9 Å². The standard InChI is InChI=1S/C20H18ClNO3/c1-2-3-12-24-17-10-6-15(7-11-17)19-22-18(20(23)25-19)13-14-4-8-16(21)9-5-14/h4-11,13H,2-3,12H2,1H3. The molecular formula is C20H18ClNO3. The van der Waals surface area contributed by atoms with E-state index >= 15 is 0 Å². The molecule has 0 saturated carbocycles. The van der Waals surface area contributed by atoms with E-state index in [2.05, 4.69) is 11.9 Å². The molecule has 0 radical (unpaired) electrons. The maximum Gasteiger partial charge on any atom is 0.363 e. The minimum Gasteiger partial charge on any atom is -0.494 e. The lowest BCUT2D eigenvalue weighted by molar-refractivity contribution is -0.129. The Bertz CT molecular complexity index is 808. The van der Waals surface area contributed by atoms with Gasteiger partial charge in [0.25, 0.3) is 0 Å². The van der Waals surface area contributed by atoms with Crippen molar-refractivity contribution in [2.45, 2.75) is 19.8 Å². The average Bonchev–Trinajstić information content (AvgIpc) is 2.98. The van der Waals surface area contributed by atoms with E-state index < -0.39 is 5.97 Å². The van der Waals surface area contributed by atoms with E-state index in [0.717, 1.165) is 29.7 Å².